The zero-order chi connectivity index (χ0) is 26.3. The normalized spacial score (nSPS) is 12.0. The average Bonchev–Trinajstić information content (AvgIpc) is 3.48. The largest absolute Gasteiger partial charge is 0.416 e. The molecule has 5 nitrogen and oxygen atoms in total. The van der Waals surface area contributed by atoms with E-state index < -0.39 is 35.0 Å². The van der Waals surface area contributed by atoms with Crippen molar-refractivity contribution >= 4 is 56.6 Å². The highest BCUT2D eigenvalue weighted by molar-refractivity contribution is 7.23. The van der Waals surface area contributed by atoms with Crippen LogP contribution < -0.4 is 4.90 Å². The molecule has 1 amide bonds. The highest BCUT2D eigenvalue weighted by Crippen LogP contribution is 2.39. The van der Waals surface area contributed by atoms with Crippen LogP contribution in [-0.4, -0.2) is 27.0 Å². The van der Waals surface area contributed by atoms with Gasteiger partial charge in [-0.2, -0.15) is 26.3 Å². The standard InChI is InChI=1S/C23H17ClF6N4OS.ClH/c1-13-3-4-17(24)19-18(13)32-21(36-19)34(7-2-6-33-8-5-31-12-33)20(35)14-9-15(22(25,26)27)11-16(10-14)23(28,29)30;/h3-5,8-12H,2,6-7H2,1H3;1H. The van der Waals surface area contributed by atoms with Gasteiger partial charge in [-0.15, -0.1) is 12.4 Å². The minimum absolute atomic E-state index is 0. The third kappa shape index (κ3) is 6.36. The highest BCUT2D eigenvalue weighted by Gasteiger charge is 2.38. The Labute approximate surface area is 222 Å². The number of hydrogen-bond acceptors (Lipinski definition) is 4. The van der Waals surface area contributed by atoms with Gasteiger partial charge in [-0.05, 0) is 43.2 Å². The molecule has 4 aromatic rings. The van der Waals surface area contributed by atoms with Crippen molar-refractivity contribution < 1.29 is 31.1 Å². The molecule has 0 unspecified atom stereocenters. The van der Waals surface area contributed by atoms with Gasteiger partial charge in [-0.25, -0.2) is 9.97 Å². The number of carbonyl (C=O) groups excluding carboxylic acids is 1. The second-order valence-electron chi connectivity index (χ2n) is 7.94. The Bertz CT molecular complexity index is 1330. The molecular formula is C23H18Cl2F6N4OS. The van der Waals surface area contributed by atoms with Crippen molar-refractivity contribution in [2.75, 3.05) is 11.4 Å². The molecule has 0 aliphatic carbocycles. The lowest BCUT2D eigenvalue weighted by Crippen LogP contribution is -2.33. The Hall–Kier alpha value is -2.83. The maximum atomic E-state index is 13.4. The average molecular weight is 583 g/mol. The van der Waals surface area contributed by atoms with Gasteiger partial charge in [0, 0.05) is 31.0 Å². The van der Waals surface area contributed by atoms with Crippen LogP contribution in [0.25, 0.3) is 10.2 Å². The van der Waals surface area contributed by atoms with Crippen LogP contribution in [0.2, 0.25) is 5.02 Å². The number of amides is 1. The minimum atomic E-state index is -5.08. The third-order valence-corrected chi connectivity index (χ3v) is 6.89. The number of aryl methyl sites for hydroxylation is 2. The van der Waals surface area contributed by atoms with E-state index in [4.69, 9.17) is 11.6 Å². The predicted molar refractivity (Wildman–Crippen MR) is 132 cm³/mol. The number of alkyl halides is 6. The number of carbonyl (C=O) groups is 1. The van der Waals surface area contributed by atoms with Crippen molar-refractivity contribution in [1.82, 2.24) is 14.5 Å². The molecule has 2 aromatic carbocycles. The zero-order valence-electron chi connectivity index (χ0n) is 18.9. The Morgan fingerprint density at radius 3 is 2.27 bits per heavy atom. The number of nitrogens with zero attached hydrogens (tertiary/aromatic N) is 4. The molecule has 0 spiro atoms. The molecule has 198 valence electrons. The quantitative estimate of drug-likeness (QED) is 0.219. The molecule has 0 N–H and O–H groups in total. The summed E-state index contributed by atoms with van der Waals surface area (Å²) in [7, 11) is 0. The third-order valence-electron chi connectivity index (χ3n) is 5.35. The van der Waals surface area contributed by atoms with Crippen LogP contribution in [0.1, 0.15) is 33.5 Å². The number of fused-ring (bicyclic) bond motifs is 1. The molecule has 0 aliphatic rings. The van der Waals surface area contributed by atoms with E-state index in [1.165, 1.54) is 0 Å². The molecule has 14 heteroatoms. The minimum Gasteiger partial charge on any atom is -0.337 e. The number of imidazole rings is 1. The number of hydrogen-bond donors (Lipinski definition) is 0. The van der Waals surface area contributed by atoms with Gasteiger partial charge in [0.05, 0.1) is 32.7 Å². The summed E-state index contributed by atoms with van der Waals surface area (Å²) in [4.78, 5) is 22.9. The summed E-state index contributed by atoms with van der Waals surface area (Å²) < 4.78 is 82.6. The first-order valence-electron chi connectivity index (χ1n) is 10.5. The molecule has 4 rings (SSSR count). The SMILES string of the molecule is Cc1ccc(Cl)c2sc(N(CCCn3ccnc3)C(=O)c3cc(C(F)(F)F)cc(C(F)(F)F)c3)nc12.Cl. The van der Waals surface area contributed by atoms with Gasteiger partial charge in [0.25, 0.3) is 5.91 Å². The first-order chi connectivity index (χ1) is 16.8. The van der Waals surface area contributed by atoms with E-state index in [9.17, 15) is 31.1 Å². The Balaban J connectivity index is 0.00000380. The first kappa shape index (κ1) is 28.7. The van der Waals surface area contributed by atoms with Crippen LogP contribution in [-0.2, 0) is 18.9 Å². The van der Waals surface area contributed by atoms with Gasteiger partial charge in [-0.1, -0.05) is 29.0 Å². The van der Waals surface area contributed by atoms with Gasteiger partial charge in [0.2, 0.25) is 0 Å². The van der Waals surface area contributed by atoms with Crippen LogP contribution in [0.4, 0.5) is 31.5 Å². The lowest BCUT2D eigenvalue weighted by molar-refractivity contribution is -0.143. The van der Waals surface area contributed by atoms with Crippen molar-refractivity contribution in [3.63, 3.8) is 0 Å². The molecule has 0 aliphatic heterocycles. The van der Waals surface area contributed by atoms with Crippen molar-refractivity contribution in [2.24, 2.45) is 0 Å². The Kier molecular flexibility index (Phi) is 8.45. The first-order valence-corrected chi connectivity index (χ1v) is 11.7. The molecule has 0 fully saturated rings. The van der Waals surface area contributed by atoms with Gasteiger partial charge in [0.1, 0.15) is 0 Å². The summed E-state index contributed by atoms with van der Waals surface area (Å²) in [6.07, 6.45) is -5.03. The van der Waals surface area contributed by atoms with E-state index >= 15 is 0 Å². The van der Waals surface area contributed by atoms with Crippen molar-refractivity contribution in [2.45, 2.75) is 32.2 Å². The number of thiazole rings is 1. The van der Waals surface area contributed by atoms with Crippen LogP contribution in [0.15, 0.2) is 49.1 Å². The van der Waals surface area contributed by atoms with E-state index in [0.717, 1.165) is 21.8 Å². The summed E-state index contributed by atoms with van der Waals surface area (Å²) in [6.45, 7) is 2.16. The molecule has 2 aromatic heterocycles. The number of halogens is 8. The second kappa shape index (κ2) is 10.9. The van der Waals surface area contributed by atoms with Crippen LogP contribution in [0.5, 0.6) is 0 Å². The van der Waals surface area contributed by atoms with Gasteiger partial charge in [0.15, 0.2) is 5.13 Å². The smallest absolute Gasteiger partial charge is 0.337 e. The summed E-state index contributed by atoms with van der Waals surface area (Å²) in [6, 6.07) is 4.20. The number of aromatic nitrogens is 3. The zero-order valence-corrected chi connectivity index (χ0v) is 21.3. The fourth-order valence-electron chi connectivity index (χ4n) is 3.55. The fourth-order valence-corrected chi connectivity index (χ4v) is 4.90. The van der Waals surface area contributed by atoms with E-state index in [-0.39, 0.29) is 30.1 Å². The summed E-state index contributed by atoms with van der Waals surface area (Å²) in [5, 5.41) is 0.478. The van der Waals surface area contributed by atoms with E-state index in [2.05, 4.69) is 9.97 Å². The summed E-state index contributed by atoms with van der Waals surface area (Å²) in [5.74, 6) is -1.04. The lowest BCUT2D eigenvalue weighted by Gasteiger charge is -2.21. The Morgan fingerprint density at radius 2 is 1.73 bits per heavy atom. The van der Waals surface area contributed by atoms with E-state index in [1.807, 2.05) is 0 Å². The maximum absolute atomic E-state index is 13.4. The molecule has 0 saturated carbocycles. The molecular weight excluding hydrogens is 565 g/mol. The molecule has 2 heterocycles. The predicted octanol–water partition coefficient (Wildman–Crippen LogP) is 7.65. The van der Waals surface area contributed by atoms with Gasteiger partial charge < -0.3 is 4.57 Å². The van der Waals surface area contributed by atoms with Crippen molar-refractivity contribution in [3.05, 3.63) is 76.3 Å². The highest BCUT2D eigenvalue weighted by atomic mass is 35.5. The molecule has 0 radical (unpaired) electrons. The second-order valence-corrected chi connectivity index (χ2v) is 9.33. The number of rotatable bonds is 6. The lowest BCUT2D eigenvalue weighted by atomic mass is 10.0. The van der Waals surface area contributed by atoms with Crippen molar-refractivity contribution in [1.29, 1.82) is 0 Å². The van der Waals surface area contributed by atoms with Gasteiger partial charge >= 0.3 is 12.4 Å². The topological polar surface area (TPSA) is 51.0 Å². The van der Waals surface area contributed by atoms with Crippen molar-refractivity contribution in [3.8, 4) is 0 Å². The van der Waals surface area contributed by atoms with Crippen LogP contribution in [0, 0.1) is 6.92 Å². The molecule has 0 atom stereocenters. The van der Waals surface area contributed by atoms with Crippen LogP contribution >= 0.6 is 35.3 Å². The number of benzene rings is 2. The Morgan fingerprint density at radius 1 is 1.08 bits per heavy atom. The number of anilines is 1. The fraction of sp³-hybridized carbons (Fsp3) is 0.261. The molecule has 0 bridgehead atoms. The van der Waals surface area contributed by atoms with Gasteiger partial charge in [-0.3, -0.25) is 9.69 Å². The molecule has 0 saturated heterocycles. The maximum Gasteiger partial charge on any atom is 0.416 e. The summed E-state index contributed by atoms with van der Waals surface area (Å²) >= 11 is 7.30. The molecule has 37 heavy (non-hydrogen) atoms. The van der Waals surface area contributed by atoms with E-state index in [1.54, 1.807) is 42.3 Å². The van der Waals surface area contributed by atoms with Crippen LogP contribution in [0.3, 0.4) is 0 Å². The van der Waals surface area contributed by atoms with E-state index in [0.29, 0.717) is 40.3 Å². The monoisotopic (exact) mass is 582 g/mol. The summed E-state index contributed by atoms with van der Waals surface area (Å²) in [5.41, 5.74) is -2.64.